The Morgan fingerprint density at radius 3 is 2.53 bits per heavy atom. The second-order valence-corrected chi connectivity index (χ2v) is 4.51. The monoisotopic (exact) mass is 291 g/mol. The summed E-state index contributed by atoms with van der Waals surface area (Å²) in [5, 5.41) is 4.79. The summed E-state index contributed by atoms with van der Waals surface area (Å²) in [6.07, 6.45) is 1.59. The van der Waals surface area contributed by atoms with Crippen LogP contribution in [0, 0.1) is 0 Å². The first-order valence-corrected chi connectivity index (χ1v) is 6.21. The van der Waals surface area contributed by atoms with Crippen molar-refractivity contribution in [2.24, 2.45) is 0 Å². The first-order chi connectivity index (χ1) is 9.25. The molecule has 2 heterocycles. The molecule has 1 aromatic carbocycles. The molecule has 0 amide bonds. The number of nitrogens with zero attached hydrogens (tertiary/aromatic N) is 3. The van der Waals surface area contributed by atoms with Crippen LogP contribution in [-0.2, 0) is 0 Å². The molecular weight excluding hydrogens is 285 g/mol. The zero-order valence-electron chi connectivity index (χ0n) is 9.55. The highest BCUT2D eigenvalue weighted by Gasteiger charge is 2.15. The third kappa shape index (κ3) is 2.32. The molecule has 0 fully saturated rings. The average Bonchev–Trinajstić information content (AvgIpc) is 2.89. The molecule has 0 spiro atoms. The molecule has 0 unspecified atom stereocenters. The highest BCUT2D eigenvalue weighted by molar-refractivity contribution is 6.33. The van der Waals surface area contributed by atoms with Gasteiger partial charge in [-0.1, -0.05) is 40.5 Å². The maximum Gasteiger partial charge on any atom is 0.261 e. The van der Waals surface area contributed by atoms with Crippen molar-refractivity contribution in [3.05, 3.63) is 52.8 Å². The second kappa shape index (κ2) is 4.99. The maximum atomic E-state index is 6.09. The van der Waals surface area contributed by atoms with Gasteiger partial charge in [-0.2, -0.15) is 4.98 Å². The molecule has 3 rings (SSSR count). The van der Waals surface area contributed by atoms with E-state index in [0.717, 1.165) is 0 Å². The van der Waals surface area contributed by atoms with E-state index in [1.54, 1.807) is 24.4 Å². The van der Waals surface area contributed by atoms with Crippen molar-refractivity contribution >= 4 is 23.2 Å². The van der Waals surface area contributed by atoms with E-state index in [-0.39, 0.29) is 0 Å². The van der Waals surface area contributed by atoms with Gasteiger partial charge in [-0.3, -0.25) is 0 Å². The van der Waals surface area contributed by atoms with Gasteiger partial charge < -0.3 is 4.52 Å². The molecule has 0 atom stereocenters. The van der Waals surface area contributed by atoms with Gasteiger partial charge in [0.1, 0.15) is 5.15 Å². The van der Waals surface area contributed by atoms with Crippen LogP contribution in [0.1, 0.15) is 0 Å². The molecule has 4 nitrogen and oxygen atoms in total. The van der Waals surface area contributed by atoms with Crippen molar-refractivity contribution in [3.8, 4) is 22.8 Å². The highest BCUT2D eigenvalue weighted by Crippen LogP contribution is 2.29. The van der Waals surface area contributed by atoms with Crippen LogP contribution in [0.5, 0.6) is 0 Å². The third-order valence-corrected chi connectivity index (χ3v) is 3.16. The van der Waals surface area contributed by atoms with E-state index in [0.29, 0.717) is 33.0 Å². The van der Waals surface area contributed by atoms with Crippen molar-refractivity contribution in [2.45, 2.75) is 0 Å². The van der Waals surface area contributed by atoms with Gasteiger partial charge in [0.15, 0.2) is 0 Å². The predicted molar refractivity (Wildman–Crippen MR) is 73.0 cm³/mol. The van der Waals surface area contributed by atoms with E-state index >= 15 is 0 Å². The Kier molecular flexibility index (Phi) is 3.19. The Morgan fingerprint density at radius 2 is 1.74 bits per heavy atom. The van der Waals surface area contributed by atoms with E-state index in [9.17, 15) is 0 Å². The number of aromatic nitrogens is 3. The van der Waals surface area contributed by atoms with Crippen molar-refractivity contribution < 1.29 is 4.52 Å². The molecule has 0 aliphatic carbocycles. The Balaban J connectivity index is 2.06. The summed E-state index contributed by atoms with van der Waals surface area (Å²) in [4.78, 5) is 8.25. The summed E-state index contributed by atoms with van der Waals surface area (Å²) in [6, 6.07) is 10.8. The first-order valence-electron chi connectivity index (χ1n) is 5.45. The van der Waals surface area contributed by atoms with Crippen molar-refractivity contribution in [2.75, 3.05) is 0 Å². The van der Waals surface area contributed by atoms with Gasteiger partial charge >= 0.3 is 0 Å². The van der Waals surface area contributed by atoms with Gasteiger partial charge in [-0.25, -0.2) is 4.98 Å². The van der Waals surface area contributed by atoms with Gasteiger partial charge in [0.05, 0.1) is 10.6 Å². The molecule has 94 valence electrons. The predicted octanol–water partition coefficient (Wildman–Crippen LogP) is 4.11. The fraction of sp³-hybridized carbons (Fsp3) is 0. The van der Waals surface area contributed by atoms with Crippen LogP contribution in [0.3, 0.4) is 0 Å². The molecule has 0 aliphatic heterocycles. The summed E-state index contributed by atoms with van der Waals surface area (Å²) in [5.74, 6) is 0.730. The lowest BCUT2D eigenvalue weighted by Crippen LogP contribution is -1.84. The van der Waals surface area contributed by atoms with Gasteiger partial charge in [0.25, 0.3) is 5.89 Å². The van der Waals surface area contributed by atoms with Crippen LogP contribution in [0.4, 0.5) is 0 Å². The van der Waals surface area contributed by atoms with Crippen molar-refractivity contribution in [1.82, 2.24) is 15.1 Å². The van der Waals surface area contributed by atoms with Crippen LogP contribution in [0.15, 0.2) is 47.1 Å². The van der Waals surface area contributed by atoms with Crippen LogP contribution in [-0.4, -0.2) is 15.1 Å². The molecule has 2 aromatic heterocycles. The Hall–Kier alpha value is -1.91. The smallest absolute Gasteiger partial charge is 0.261 e. The molecule has 0 bridgehead atoms. The summed E-state index contributed by atoms with van der Waals surface area (Å²) >= 11 is 12.1. The average molecular weight is 292 g/mol. The highest BCUT2D eigenvalue weighted by atomic mass is 35.5. The zero-order valence-corrected chi connectivity index (χ0v) is 11.1. The largest absolute Gasteiger partial charge is 0.333 e. The van der Waals surface area contributed by atoms with Crippen LogP contribution < -0.4 is 0 Å². The summed E-state index contributed by atoms with van der Waals surface area (Å²) in [5.41, 5.74) is 1.30. The summed E-state index contributed by atoms with van der Waals surface area (Å²) in [6.45, 7) is 0. The number of benzene rings is 1. The molecule has 0 aliphatic rings. The standard InChI is InChI=1S/C13H7Cl2N3O/c14-10-6-2-1-4-8(10)12-17-13(19-18-12)9-5-3-7-16-11(9)15/h1-7H. The Morgan fingerprint density at radius 1 is 0.947 bits per heavy atom. The van der Waals surface area contributed by atoms with Crippen LogP contribution >= 0.6 is 23.2 Å². The minimum Gasteiger partial charge on any atom is -0.333 e. The van der Waals surface area contributed by atoms with Crippen LogP contribution in [0.2, 0.25) is 10.2 Å². The molecular formula is C13H7Cl2N3O. The Labute approximate surface area is 119 Å². The number of hydrogen-bond acceptors (Lipinski definition) is 4. The number of hydrogen-bond donors (Lipinski definition) is 0. The summed E-state index contributed by atoms with van der Waals surface area (Å²) in [7, 11) is 0. The fourth-order valence-electron chi connectivity index (χ4n) is 1.63. The molecule has 0 saturated carbocycles. The zero-order chi connectivity index (χ0) is 13.2. The SMILES string of the molecule is Clc1ccccc1-c1noc(-c2cccnc2Cl)n1. The van der Waals surface area contributed by atoms with Crippen molar-refractivity contribution in [3.63, 3.8) is 0 Å². The number of rotatable bonds is 2. The van der Waals surface area contributed by atoms with Gasteiger partial charge in [0.2, 0.25) is 5.82 Å². The van der Waals surface area contributed by atoms with E-state index in [4.69, 9.17) is 27.7 Å². The van der Waals surface area contributed by atoms with Gasteiger partial charge in [-0.05, 0) is 24.3 Å². The van der Waals surface area contributed by atoms with E-state index in [1.165, 1.54) is 0 Å². The second-order valence-electron chi connectivity index (χ2n) is 3.74. The first kappa shape index (κ1) is 12.1. The normalized spacial score (nSPS) is 10.6. The molecule has 19 heavy (non-hydrogen) atoms. The summed E-state index contributed by atoms with van der Waals surface area (Å²) < 4.78 is 5.20. The van der Waals surface area contributed by atoms with Gasteiger partial charge in [-0.15, -0.1) is 0 Å². The van der Waals surface area contributed by atoms with Crippen molar-refractivity contribution in [1.29, 1.82) is 0 Å². The minimum absolute atomic E-state index is 0.313. The lowest BCUT2D eigenvalue weighted by Gasteiger charge is -1.96. The maximum absolute atomic E-state index is 6.09. The van der Waals surface area contributed by atoms with E-state index in [1.807, 2.05) is 18.2 Å². The lowest BCUT2D eigenvalue weighted by atomic mass is 10.2. The quantitative estimate of drug-likeness (QED) is 0.667. The minimum atomic E-state index is 0.313. The van der Waals surface area contributed by atoms with Gasteiger partial charge in [0, 0.05) is 11.8 Å². The number of halogens is 2. The number of pyridine rings is 1. The van der Waals surface area contributed by atoms with E-state index < -0.39 is 0 Å². The molecule has 3 aromatic rings. The molecule has 0 radical (unpaired) electrons. The lowest BCUT2D eigenvalue weighted by molar-refractivity contribution is 0.432. The third-order valence-electron chi connectivity index (χ3n) is 2.53. The van der Waals surface area contributed by atoms with Crippen LogP contribution in [0.25, 0.3) is 22.8 Å². The fourth-order valence-corrected chi connectivity index (χ4v) is 2.05. The Bertz CT molecular complexity index is 667. The topological polar surface area (TPSA) is 51.8 Å². The van der Waals surface area contributed by atoms with E-state index in [2.05, 4.69) is 15.1 Å². The molecule has 0 saturated heterocycles. The molecule has 6 heteroatoms. The molecule has 0 N–H and O–H groups in total.